The molecule has 1 aliphatic rings. The number of hydrogen-bond acceptors (Lipinski definition) is 4. The van der Waals surface area contributed by atoms with E-state index in [1.165, 1.54) is 23.6 Å². The second-order valence-electron chi connectivity index (χ2n) is 6.05. The van der Waals surface area contributed by atoms with Gasteiger partial charge in [-0.05, 0) is 66.7 Å². The first-order valence-electron chi connectivity index (χ1n) is 8.10. The van der Waals surface area contributed by atoms with Crippen molar-refractivity contribution in [3.8, 4) is 11.5 Å². The number of benzene rings is 1. The predicted octanol–water partition coefficient (Wildman–Crippen LogP) is 4.20. The molecule has 24 heavy (non-hydrogen) atoms. The van der Waals surface area contributed by atoms with E-state index in [1.54, 1.807) is 13.2 Å². The molecule has 0 amide bonds. The minimum Gasteiger partial charge on any atom is -0.493 e. The number of allylic oxidation sites excluding steroid dienone is 1. The van der Waals surface area contributed by atoms with E-state index in [1.807, 2.05) is 18.3 Å². The van der Waals surface area contributed by atoms with Gasteiger partial charge in [0.25, 0.3) is 0 Å². The molecule has 0 saturated heterocycles. The summed E-state index contributed by atoms with van der Waals surface area (Å²) < 4.78 is 10.5. The van der Waals surface area contributed by atoms with E-state index >= 15 is 0 Å². The summed E-state index contributed by atoms with van der Waals surface area (Å²) in [4.78, 5) is 15.8. The number of methoxy groups -OCH3 is 1. The SMILES string of the molecule is COc1cc(/C=C2/CCCc3cc(C)cnc32)ccc1OC(C)=O. The molecule has 0 atom stereocenters. The van der Waals surface area contributed by atoms with Gasteiger partial charge in [0.05, 0.1) is 12.8 Å². The maximum Gasteiger partial charge on any atom is 0.308 e. The molecule has 124 valence electrons. The summed E-state index contributed by atoms with van der Waals surface area (Å²) in [6, 6.07) is 7.79. The fourth-order valence-electron chi connectivity index (χ4n) is 3.05. The summed E-state index contributed by atoms with van der Waals surface area (Å²) in [6.45, 7) is 3.45. The van der Waals surface area contributed by atoms with Gasteiger partial charge in [-0.2, -0.15) is 0 Å². The van der Waals surface area contributed by atoms with Crippen molar-refractivity contribution in [2.24, 2.45) is 0 Å². The van der Waals surface area contributed by atoms with E-state index in [0.717, 1.165) is 30.5 Å². The van der Waals surface area contributed by atoms with Crippen LogP contribution in [0.15, 0.2) is 30.5 Å². The molecule has 1 aliphatic carbocycles. The van der Waals surface area contributed by atoms with Crippen molar-refractivity contribution in [1.29, 1.82) is 0 Å². The number of aromatic nitrogens is 1. The van der Waals surface area contributed by atoms with E-state index < -0.39 is 0 Å². The number of nitrogens with zero attached hydrogens (tertiary/aromatic N) is 1. The second kappa shape index (κ2) is 6.87. The summed E-state index contributed by atoms with van der Waals surface area (Å²) in [6.07, 6.45) is 7.28. The molecule has 0 saturated carbocycles. The number of hydrogen-bond donors (Lipinski definition) is 0. The van der Waals surface area contributed by atoms with E-state index in [-0.39, 0.29) is 5.97 Å². The minimum atomic E-state index is -0.361. The van der Waals surface area contributed by atoms with E-state index in [0.29, 0.717) is 11.5 Å². The molecule has 4 nitrogen and oxygen atoms in total. The van der Waals surface area contributed by atoms with Gasteiger partial charge < -0.3 is 9.47 Å². The Kier molecular flexibility index (Phi) is 4.65. The number of fused-ring (bicyclic) bond motifs is 1. The quantitative estimate of drug-likeness (QED) is 0.627. The molecule has 1 heterocycles. The van der Waals surface area contributed by atoms with Gasteiger partial charge in [-0.25, -0.2) is 0 Å². The Hall–Kier alpha value is -2.62. The lowest BCUT2D eigenvalue weighted by molar-refractivity contribution is -0.132. The summed E-state index contributed by atoms with van der Waals surface area (Å²) in [5, 5.41) is 0. The Bertz CT molecular complexity index is 809. The van der Waals surface area contributed by atoms with Crippen molar-refractivity contribution in [3.05, 3.63) is 52.8 Å². The topological polar surface area (TPSA) is 48.4 Å². The summed E-state index contributed by atoms with van der Waals surface area (Å²) in [5.41, 5.74) is 5.85. The third-order valence-corrected chi connectivity index (χ3v) is 4.08. The van der Waals surface area contributed by atoms with Gasteiger partial charge in [0, 0.05) is 13.1 Å². The Morgan fingerprint density at radius 1 is 1.21 bits per heavy atom. The predicted molar refractivity (Wildman–Crippen MR) is 94.1 cm³/mol. The van der Waals surface area contributed by atoms with E-state index in [9.17, 15) is 4.79 Å². The van der Waals surface area contributed by atoms with Crippen molar-refractivity contribution in [1.82, 2.24) is 4.98 Å². The second-order valence-corrected chi connectivity index (χ2v) is 6.05. The van der Waals surface area contributed by atoms with Gasteiger partial charge in [0.2, 0.25) is 0 Å². The zero-order chi connectivity index (χ0) is 17.1. The Balaban J connectivity index is 1.96. The highest BCUT2D eigenvalue weighted by atomic mass is 16.6. The van der Waals surface area contributed by atoms with Crippen LogP contribution in [0.2, 0.25) is 0 Å². The molecule has 0 unspecified atom stereocenters. The zero-order valence-electron chi connectivity index (χ0n) is 14.3. The van der Waals surface area contributed by atoms with Crippen LogP contribution in [0.3, 0.4) is 0 Å². The highest BCUT2D eigenvalue weighted by Crippen LogP contribution is 2.33. The Labute approximate surface area is 142 Å². The molecular weight excluding hydrogens is 302 g/mol. The van der Waals surface area contributed by atoms with Crippen LogP contribution in [0.25, 0.3) is 11.6 Å². The first-order valence-corrected chi connectivity index (χ1v) is 8.10. The van der Waals surface area contributed by atoms with Crippen LogP contribution < -0.4 is 9.47 Å². The van der Waals surface area contributed by atoms with Crippen LogP contribution in [0, 0.1) is 6.92 Å². The molecule has 2 aromatic rings. The fourth-order valence-corrected chi connectivity index (χ4v) is 3.05. The van der Waals surface area contributed by atoms with Crippen LogP contribution in [0.5, 0.6) is 11.5 Å². The molecule has 0 N–H and O–H groups in total. The molecule has 0 radical (unpaired) electrons. The minimum absolute atomic E-state index is 0.361. The van der Waals surface area contributed by atoms with Crippen molar-refractivity contribution in [2.75, 3.05) is 7.11 Å². The molecule has 4 heteroatoms. The van der Waals surface area contributed by atoms with Gasteiger partial charge in [-0.15, -0.1) is 0 Å². The lowest BCUT2D eigenvalue weighted by Crippen LogP contribution is -2.05. The smallest absolute Gasteiger partial charge is 0.308 e. The van der Waals surface area contributed by atoms with Crippen molar-refractivity contribution < 1.29 is 14.3 Å². The normalized spacial score (nSPS) is 15.0. The van der Waals surface area contributed by atoms with E-state index in [2.05, 4.69) is 24.1 Å². The molecule has 1 aromatic heterocycles. The molecule has 3 rings (SSSR count). The molecule has 1 aromatic carbocycles. The fraction of sp³-hybridized carbons (Fsp3) is 0.300. The van der Waals surface area contributed by atoms with Gasteiger partial charge in [0.15, 0.2) is 11.5 Å². The summed E-state index contributed by atoms with van der Waals surface area (Å²) in [5.74, 6) is 0.623. The first-order chi connectivity index (χ1) is 11.6. The standard InChI is InChI=1S/C20H21NO3/c1-13-9-16-5-4-6-17(20(16)21-12-13)10-15-7-8-18(24-14(2)22)19(11-15)23-3/h7-12H,4-6H2,1-3H3/b17-10-. The van der Waals surface area contributed by atoms with Gasteiger partial charge in [-0.3, -0.25) is 9.78 Å². The number of aryl methyl sites for hydroxylation is 2. The number of esters is 1. The van der Waals surface area contributed by atoms with Crippen LogP contribution in [-0.2, 0) is 11.2 Å². The number of carbonyl (C=O) groups excluding carboxylic acids is 1. The van der Waals surface area contributed by atoms with Crippen LogP contribution in [0.4, 0.5) is 0 Å². The highest BCUT2D eigenvalue weighted by molar-refractivity contribution is 5.83. The average Bonchev–Trinajstić information content (AvgIpc) is 2.55. The molecule has 0 bridgehead atoms. The van der Waals surface area contributed by atoms with Gasteiger partial charge >= 0.3 is 5.97 Å². The number of ether oxygens (including phenoxy) is 2. The zero-order valence-corrected chi connectivity index (χ0v) is 14.3. The van der Waals surface area contributed by atoms with E-state index in [4.69, 9.17) is 9.47 Å². The third-order valence-electron chi connectivity index (χ3n) is 4.08. The number of carbonyl (C=O) groups is 1. The first kappa shape index (κ1) is 16.2. The lowest BCUT2D eigenvalue weighted by atomic mass is 9.89. The molecular formula is C20H21NO3. The number of pyridine rings is 1. The Morgan fingerprint density at radius 2 is 2.04 bits per heavy atom. The number of rotatable bonds is 3. The average molecular weight is 323 g/mol. The van der Waals surface area contributed by atoms with Crippen molar-refractivity contribution >= 4 is 17.6 Å². The van der Waals surface area contributed by atoms with Crippen LogP contribution >= 0.6 is 0 Å². The Morgan fingerprint density at radius 3 is 2.79 bits per heavy atom. The van der Waals surface area contributed by atoms with Gasteiger partial charge in [0.1, 0.15) is 0 Å². The van der Waals surface area contributed by atoms with Crippen molar-refractivity contribution in [3.63, 3.8) is 0 Å². The monoisotopic (exact) mass is 323 g/mol. The largest absolute Gasteiger partial charge is 0.493 e. The molecule has 0 aliphatic heterocycles. The third kappa shape index (κ3) is 3.48. The van der Waals surface area contributed by atoms with Crippen LogP contribution in [0.1, 0.15) is 42.1 Å². The summed E-state index contributed by atoms with van der Waals surface area (Å²) >= 11 is 0. The maximum absolute atomic E-state index is 11.1. The van der Waals surface area contributed by atoms with Crippen LogP contribution in [-0.4, -0.2) is 18.1 Å². The summed E-state index contributed by atoms with van der Waals surface area (Å²) in [7, 11) is 1.57. The van der Waals surface area contributed by atoms with Gasteiger partial charge in [-0.1, -0.05) is 12.1 Å². The molecule has 0 spiro atoms. The maximum atomic E-state index is 11.1. The van der Waals surface area contributed by atoms with Crippen molar-refractivity contribution in [2.45, 2.75) is 33.1 Å². The molecule has 0 fully saturated rings. The lowest BCUT2D eigenvalue weighted by Gasteiger charge is -2.18. The highest BCUT2D eigenvalue weighted by Gasteiger charge is 2.16.